The van der Waals surface area contributed by atoms with E-state index in [1.165, 1.54) is 12.8 Å². The fourth-order valence-corrected chi connectivity index (χ4v) is 1.54. The Morgan fingerprint density at radius 3 is 2.71 bits per heavy atom. The van der Waals surface area contributed by atoms with Crippen LogP contribution in [0.1, 0.15) is 39.0 Å². The summed E-state index contributed by atoms with van der Waals surface area (Å²) in [6.45, 7) is 3.52. The van der Waals surface area contributed by atoms with Crippen molar-refractivity contribution < 1.29 is 9.59 Å². The molecule has 0 bridgehead atoms. The number of hydrogen-bond acceptors (Lipinski definition) is 2. The van der Waals surface area contributed by atoms with Crippen LogP contribution >= 0.6 is 0 Å². The van der Waals surface area contributed by atoms with E-state index < -0.39 is 0 Å². The quantitative estimate of drug-likeness (QED) is 0.681. The van der Waals surface area contributed by atoms with Crippen molar-refractivity contribution in [3.8, 4) is 0 Å². The number of nitrogens with zero attached hydrogens (tertiary/aromatic N) is 1. The van der Waals surface area contributed by atoms with Gasteiger partial charge in [-0.15, -0.1) is 0 Å². The van der Waals surface area contributed by atoms with Crippen molar-refractivity contribution in [2.24, 2.45) is 0 Å². The van der Waals surface area contributed by atoms with Gasteiger partial charge in [0.05, 0.1) is 0 Å². The number of carbonyl (C=O) groups excluding carboxylic acids is 2. The Kier molecular flexibility index (Phi) is 4.43. The lowest BCUT2D eigenvalue weighted by Gasteiger charge is -2.26. The molecule has 0 unspecified atom stereocenters. The maximum Gasteiger partial charge on any atom is 0.324 e. The standard InChI is InChI=1S/C10H18N2O2/c1-2-3-4-5-7-12-8-6-9(13)11-10(12)14/h2-8H2,1H3,(H,11,13,14). The van der Waals surface area contributed by atoms with Gasteiger partial charge in [-0.25, -0.2) is 4.79 Å². The number of urea groups is 1. The van der Waals surface area contributed by atoms with Crippen LogP contribution in [0, 0.1) is 0 Å². The maximum absolute atomic E-state index is 11.3. The Balaban J connectivity index is 2.17. The Bertz CT molecular complexity index is 216. The van der Waals surface area contributed by atoms with E-state index in [1.807, 2.05) is 0 Å². The summed E-state index contributed by atoms with van der Waals surface area (Å²) in [4.78, 5) is 23.8. The monoisotopic (exact) mass is 198 g/mol. The van der Waals surface area contributed by atoms with Crippen LogP contribution in [-0.4, -0.2) is 29.9 Å². The first-order chi connectivity index (χ1) is 6.74. The highest BCUT2D eigenvalue weighted by Gasteiger charge is 2.21. The van der Waals surface area contributed by atoms with Gasteiger partial charge in [-0.3, -0.25) is 10.1 Å². The number of carbonyl (C=O) groups is 2. The maximum atomic E-state index is 11.3. The second-order valence-corrected chi connectivity index (χ2v) is 3.65. The van der Waals surface area contributed by atoms with Crippen LogP contribution in [0.4, 0.5) is 4.79 Å². The summed E-state index contributed by atoms with van der Waals surface area (Å²) in [5, 5.41) is 2.32. The van der Waals surface area contributed by atoms with Gasteiger partial charge >= 0.3 is 6.03 Å². The molecule has 4 heteroatoms. The van der Waals surface area contributed by atoms with E-state index in [-0.39, 0.29) is 11.9 Å². The number of amides is 3. The summed E-state index contributed by atoms with van der Waals surface area (Å²) in [5.41, 5.74) is 0. The molecule has 1 N–H and O–H groups in total. The lowest BCUT2D eigenvalue weighted by molar-refractivity contribution is -0.121. The first kappa shape index (κ1) is 11.0. The van der Waals surface area contributed by atoms with Crippen molar-refractivity contribution in [1.82, 2.24) is 10.2 Å². The molecule has 1 fully saturated rings. The molecule has 0 aromatic rings. The molecule has 0 radical (unpaired) electrons. The summed E-state index contributed by atoms with van der Waals surface area (Å²) in [6.07, 6.45) is 5.06. The zero-order valence-electron chi connectivity index (χ0n) is 8.71. The minimum Gasteiger partial charge on any atom is -0.324 e. The van der Waals surface area contributed by atoms with E-state index >= 15 is 0 Å². The molecular formula is C10H18N2O2. The Labute approximate surface area is 84.7 Å². The fraction of sp³-hybridized carbons (Fsp3) is 0.800. The van der Waals surface area contributed by atoms with E-state index in [0.29, 0.717) is 13.0 Å². The van der Waals surface area contributed by atoms with Crippen molar-refractivity contribution in [1.29, 1.82) is 0 Å². The van der Waals surface area contributed by atoms with Crippen LogP contribution in [0.25, 0.3) is 0 Å². The SMILES string of the molecule is CCCCCCN1CCC(=O)NC1=O. The van der Waals surface area contributed by atoms with Gasteiger partial charge in [0, 0.05) is 19.5 Å². The molecule has 0 spiro atoms. The van der Waals surface area contributed by atoms with Gasteiger partial charge in [0.15, 0.2) is 0 Å². The average Bonchev–Trinajstić information content (AvgIpc) is 2.15. The van der Waals surface area contributed by atoms with E-state index in [9.17, 15) is 9.59 Å². The highest BCUT2D eigenvalue weighted by molar-refractivity contribution is 5.96. The van der Waals surface area contributed by atoms with Gasteiger partial charge in [0.2, 0.25) is 5.91 Å². The normalized spacial score (nSPS) is 17.1. The van der Waals surface area contributed by atoms with Crippen LogP contribution in [0.5, 0.6) is 0 Å². The first-order valence-corrected chi connectivity index (χ1v) is 5.32. The molecule has 3 amide bonds. The molecule has 0 atom stereocenters. The largest absolute Gasteiger partial charge is 0.324 e. The second-order valence-electron chi connectivity index (χ2n) is 3.65. The molecule has 0 aromatic heterocycles. The van der Waals surface area contributed by atoms with E-state index in [0.717, 1.165) is 19.4 Å². The van der Waals surface area contributed by atoms with Crippen molar-refractivity contribution in [3.63, 3.8) is 0 Å². The molecule has 1 saturated heterocycles. The lowest BCUT2D eigenvalue weighted by atomic mass is 10.2. The minimum atomic E-state index is -0.224. The van der Waals surface area contributed by atoms with Crippen LogP contribution < -0.4 is 5.32 Å². The zero-order valence-corrected chi connectivity index (χ0v) is 8.71. The second kappa shape index (κ2) is 5.62. The molecular weight excluding hydrogens is 180 g/mol. The molecule has 1 heterocycles. The number of imide groups is 1. The van der Waals surface area contributed by atoms with Gasteiger partial charge in [-0.1, -0.05) is 26.2 Å². The van der Waals surface area contributed by atoms with Crippen molar-refractivity contribution in [2.75, 3.05) is 13.1 Å². The van der Waals surface area contributed by atoms with E-state index in [1.54, 1.807) is 4.90 Å². The third kappa shape index (κ3) is 3.36. The number of nitrogens with one attached hydrogen (secondary N) is 1. The summed E-state index contributed by atoms with van der Waals surface area (Å²) in [5.74, 6) is -0.153. The fourth-order valence-electron chi connectivity index (χ4n) is 1.54. The lowest BCUT2D eigenvalue weighted by Crippen LogP contribution is -2.49. The van der Waals surface area contributed by atoms with Crippen LogP contribution in [0.2, 0.25) is 0 Å². The summed E-state index contributed by atoms with van der Waals surface area (Å²) in [7, 11) is 0. The van der Waals surface area contributed by atoms with E-state index in [2.05, 4.69) is 12.2 Å². The number of unbranched alkanes of at least 4 members (excludes halogenated alkanes) is 3. The van der Waals surface area contributed by atoms with Crippen LogP contribution in [-0.2, 0) is 4.79 Å². The van der Waals surface area contributed by atoms with Gasteiger partial charge in [0.1, 0.15) is 0 Å². The molecule has 80 valence electrons. The summed E-state index contributed by atoms with van der Waals surface area (Å²) < 4.78 is 0. The Morgan fingerprint density at radius 2 is 2.07 bits per heavy atom. The van der Waals surface area contributed by atoms with Crippen molar-refractivity contribution in [3.05, 3.63) is 0 Å². The first-order valence-electron chi connectivity index (χ1n) is 5.32. The predicted octanol–water partition coefficient (Wildman–Crippen LogP) is 1.51. The highest BCUT2D eigenvalue weighted by Crippen LogP contribution is 2.05. The third-order valence-electron chi connectivity index (χ3n) is 2.42. The smallest absolute Gasteiger partial charge is 0.324 e. The van der Waals surface area contributed by atoms with Crippen molar-refractivity contribution in [2.45, 2.75) is 39.0 Å². The molecule has 1 aliphatic heterocycles. The zero-order chi connectivity index (χ0) is 10.4. The summed E-state index contributed by atoms with van der Waals surface area (Å²) in [6, 6.07) is -0.224. The molecule has 0 aliphatic carbocycles. The molecule has 14 heavy (non-hydrogen) atoms. The number of rotatable bonds is 5. The molecule has 0 saturated carbocycles. The number of hydrogen-bond donors (Lipinski definition) is 1. The summed E-state index contributed by atoms with van der Waals surface area (Å²) >= 11 is 0. The third-order valence-corrected chi connectivity index (χ3v) is 2.42. The van der Waals surface area contributed by atoms with Gasteiger partial charge < -0.3 is 4.90 Å². The predicted molar refractivity (Wildman–Crippen MR) is 53.9 cm³/mol. The van der Waals surface area contributed by atoms with Crippen LogP contribution in [0.3, 0.4) is 0 Å². The van der Waals surface area contributed by atoms with E-state index in [4.69, 9.17) is 0 Å². The van der Waals surface area contributed by atoms with Crippen molar-refractivity contribution >= 4 is 11.9 Å². The molecule has 1 rings (SSSR count). The van der Waals surface area contributed by atoms with Crippen LogP contribution in [0.15, 0.2) is 0 Å². The molecule has 4 nitrogen and oxygen atoms in total. The van der Waals surface area contributed by atoms with Gasteiger partial charge in [0.25, 0.3) is 0 Å². The molecule has 1 aliphatic rings. The average molecular weight is 198 g/mol. The molecule has 0 aromatic carbocycles. The van der Waals surface area contributed by atoms with Gasteiger partial charge in [-0.05, 0) is 6.42 Å². The Hall–Kier alpha value is -1.06. The van der Waals surface area contributed by atoms with Gasteiger partial charge in [-0.2, -0.15) is 0 Å². The topological polar surface area (TPSA) is 49.4 Å². The highest BCUT2D eigenvalue weighted by atomic mass is 16.2. The Morgan fingerprint density at radius 1 is 1.29 bits per heavy atom. The minimum absolute atomic E-state index is 0.153.